The minimum absolute atomic E-state index is 0.304. The van der Waals surface area contributed by atoms with Gasteiger partial charge in [-0.25, -0.2) is 0 Å². The zero-order chi connectivity index (χ0) is 9.94. The van der Waals surface area contributed by atoms with Crippen LogP contribution in [0, 0.1) is 0 Å². The van der Waals surface area contributed by atoms with Crippen molar-refractivity contribution in [1.82, 2.24) is 4.90 Å². The van der Waals surface area contributed by atoms with E-state index >= 15 is 0 Å². The third-order valence-corrected chi connectivity index (χ3v) is 2.15. The first-order valence-electron chi connectivity index (χ1n) is 5.21. The van der Waals surface area contributed by atoms with Gasteiger partial charge in [-0.3, -0.25) is 0 Å². The van der Waals surface area contributed by atoms with E-state index in [1.807, 2.05) is 0 Å². The highest BCUT2D eigenvalue weighted by Gasteiger charge is 1.97. The molecule has 0 aromatic carbocycles. The first-order chi connectivity index (χ1) is 6.31. The summed E-state index contributed by atoms with van der Waals surface area (Å²) in [5.74, 6) is 0. The number of aliphatic hydroxyl groups excluding tert-OH is 2. The summed E-state index contributed by atoms with van der Waals surface area (Å²) in [7, 11) is 2.11. The molecule has 0 bridgehead atoms. The smallest absolute Gasteiger partial charge is 0.0431 e. The van der Waals surface area contributed by atoms with Gasteiger partial charge >= 0.3 is 0 Å². The molecule has 0 rings (SSSR count). The largest absolute Gasteiger partial charge is 0.396 e. The zero-order valence-electron chi connectivity index (χ0n) is 8.71. The summed E-state index contributed by atoms with van der Waals surface area (Å²) >= 11 is 0. The molecular formula is C10H23NO2. The van der Waals surface area contributed by atoms with Gasteiger partial charge in [0, 0.05) is 13.2 Å². The summed E-state index contributed by atoms with van der Waals surface area (Å²) < 4.78 is 0. The monoisotopic (exact) mass is 189 g/mol. The lowest BCUT2D eigenvalue weighted by molar-refractivity contribution is 0.255. The highest BCUT2D eigenvalue weighted by molar-refractivity contribution is 4.52. The molecule has 3 nitrogen and oxygen atoms in total. The van der Waals surface area contributed by atoms with Crippen molar-refractivity contribution in [3.8, 4) is 0 Å². The average molecular weight is 189 g/mol. The van der Waals surface area contributed by atoms with Gasteiger partial charge in [0.1, 0.15) is 0 Å². The third-order valence-electron chi connectivity index (χ3n) is 2.15. The molecule has 0 atom stereocenters. The van der Waals surface area contributed by atoms with Crippen LogP contribution < -0.4 is 0 Å². The van der Waals surface area contributed by atoms with Gasteiger partial charge in [0.25, 0.3) is 0 Å². The second-order valence-electron chi connectivity index (χ2n) is 3.52. The average Bonchev–Trinajstić information content (AvgIpc) is 2.13. The molecule has 0 amide bonds. The Balaban J connectivity index is 3.05. The maximum absolute atomic E-state index is 8.58. The first kappa shape index (κ1) is 12.9. The summed E-state index contributed by atoms with van der Waals surface area (Å²) in [5.41, 5.74) is 0. The van der Waals surface area contributed by atoms with E-state index in [-0.39, 0.29) is 0 Å². The van der Waals surface area contributed by atoms with Crippen LogP contribution in [-0.2, 0) is 0 Å². The lowest BCUT2D eigenvalue weighted by Crippen LogP contribution is -2.21. The molecule has 0 fully saturated rings. The molecule has 3 heteroatoms. The molecule has 0 saturated carbocycles. The molecule has 13 heavy (non-hydrogen) atoms. The molecule has 0 aromatic heterocycles. The highest BCUT2D eigenvalue weighted by atomic mass is 16.3. The van der Waals surface area contributed by atoms with E-state index in [4.69, 9.17) is 10.2 Å². The Kier molecular flexibility index (Phi) is 9.87. The van der Waals surface area contributed by atoms with Crippen LogP contribution in [0.25, 0.3) is 0 Å². The maximum atomic E-state index is 8.58. The van der Waals surface area contributed by atoms with Gasteiger partial charge in [-0.1, -0.05) is 0 Å². The molecule has 0 aliphatic heterocycles. The molecule has 0 heterocycles. The summed E-state index contributed by atoms with van der Waals surface area (Å²) in [5, 5.41) is 17.1. The molecule has 0 aliphatic rings. The minimum Gasteiger partial charge on any atom is -0.396 e. The lowest BCUT2D eigenvalue weighted by atomic mass is 10.2. The Morgan fingerprint density at radius 1 is 0.769 bits per heavy atom. The Morgan fingerprint density at radius 2 is 1.23 bits per heavy atom. The van der Waals surface area contributed by atoms with Crippen LogP contribution in [-0.4, -0.2) is 48.5 Å². The van der Waals surface area contributed by atoms with Gasteiger partial charge in [-0.15, -0.1) is 0 Å². The molecule has 2 N–H and O–H groups in total. The Hall–Kier alpha value is -0.120. The molecular weight excluding hydrogens is 166 g/mol. The fourth-order valence-corrected chi connectivity index (χ4v) is 1.28. The van der Waals surface area contributed by atoms with Crippen molar-refractivity contribution in [2.75, 3.05) is 33.4 Å². The molecule has 80 valence electrons. The number of rotatable bonds is 9. The SMILES string of the molecule is CN(CCCCO)CCCCCO. The summed E-state index contributed by atoms with van der Waals surface area (Å²) in [6.07, 6.45) is 5.18. The quantitative estimate of drug-likeness (QED) is 0.529. The number of aliphatic hydroxyl groups is 2. The van der Waals surface area contributed by atoms with Crippen molar-refractivity contribution >= 4 is 0 Å². The third kappa shape index (κ3) is 9.80. The van der Waals surface area contributed by atoms with Crippen LogP contribution in [0.2, 0.25) is 0 Å². The fourth-order valence-electron chi connectivity index (χ4n) is 1.28. The Bertz CT molecular complexity index is 98.9. The normalized spacial score (nSPS) is 11.1. The van der Waals surface area contributed by atoms with Gasteiger partial charge in [-0.2, -0.15) is 0 Å². The van der Waals surface area contributed by atoms with Crippen molar-refractivity contribution in [1.29, 1.82) is 0 Å². The van der Waals surface area contributed by atoms with Crippen LogP contribution in [0.15, 0.2) is 0 Å². The number of unbranched alkanes of at least 4 members (excludes halogenated alkanes) is 3. The molecule has 0 spiro atoms. The highest BCUT2D eigenvalue weighted by Crippen LogP contribution is 1.98. The molecule has 0 unspecified atom stereocenters. The van der Waals surface area contributed by atoms with Crippen molar-refractivity contribution < 1.29 is 10.2 Å². The molecule has 0 aromatic rings. The topological polar surface area (TPSA) is 43.7 Å². The maximum Gasteiger partial charge on any atom is 0.0431 e. The number of nitrogens with zero attached hydrogens (tertiary/aromatic N) is 1. The van der Waals surface area contributed by atoms with E-state index in [2.05, 4.69) is 11.9 Å². The Morgan fingerprint density at radius 3 is 1.77 bits per heavy atom. The van der Waals surface area contributed by atoms with E-state index < -0.39 is 0 Å². The fraction of sp³-hybridized carbons (Fsp3) is 1.00. The van der Waals surface area contributed by atoms with Crippen molar-refractivity contribution in [3.63, 3.8) is 0 Å². The van der Waals surface area contributed by atoms with Gasteiger partial charge in [0.2, 0.25) is 0 Å². The Labute approximate surface area is 81.4 Å². The van der Waals surface area contributed by atoms with Gasteiger partial charge in [-0.05, 0) is 52.2 Å². The molecule has 0 aliphatic carbocycles. The van der Waals surface area contributed by atoms with E-state index in [1.165, 1.54) is 0 Å². The van der Waals surface area contributed by atoms with E-state index in [9.17, 15) is 0 Å². The van der Waals surface area contributed by atoms with Crippen LogP contribution in [0.4, 0.5) is 0 Å². The number of hydrogen-bond donors (Lipinski definition) is 2. The van der Waals surface area contributed by atoms with Crippen LogP contribution in [0.5, 0.6) is 0 Å². The summed E-state index contributed by atoms with van der Waals surface area (Å²) in [6, 6.07) is 0. The number of hydrogen-bond acceptors (Lipinski definition) is 3. The zero-order valence-corrected chi connectivity index (χ0v) is 8.71. The van der Waals surface area contributed by atoms with Gasteiger partial charge < -0.3 is 15.1 Å². The second kappa shape index (κ2) is 9.96. The van der Waals surface area contributed by atoms with Crippen LogP contribution in [0.3, 0.4) is 0 Å². The molecule has 0 saturated heterocycles. The van der Waals surface area contributed by atoms with E-state index in [1.54, 1.807) is 0 Å². The summed E-state index contributed by atoms with van der Waals surface area (Å²) in [4.78, 5) is 2.28. The van der Waals surface area contributed by atoms with Crippen molar-refractivity contribution in [3.05, 3.63) is 0 Å². The second-order valence-corrected chi connectivity index (χ2v) is 3.52. The standard InChI is InChI=1S/C10H23NO2/c1-11(8-4-6-10-13)7-3-2-5-9-12/h12-13H,2-10H2,1H3. The predicted molar refractivity (Wildman–Crippen MR) is 54.8 cm³/mol. The summed E-state index contributed by atoms with van der Waals surface area (Å²) in [6.45, 7) is 2.79. The van der Waals surface area contributed by atoms with E-state index in [0.717, 1.165) is 45.2 Å². The predicted octanol–water partition coefficient (Wildman–Crippen LogP) is 0.853. The molecule has 0 radical (unpaired) electrons. The van der Waals surface area contributed by atoms with Crippen molar-refractivity contribution in [2.24, 2.45) is 0 Å². The van der Waals surface area contributed by atoms with Crippen molar-refractivity contribution in [2.45, 2.75) is 32.1 Å². The van der Waals surface area contributed by atoms with Gasteiger partial charge in [0.15, 0.2) is 0 Å². The van der Waals surface area contributed by atoms with E-state index in [0.29, 0.717) is 13.2 Å². The van der Waals surface area contributed by atoms with Crippen LogP contribution >= 0.6 is 0 Å². The minimum atomic E-state index is 0.304. The van der Waals surface area contributed by atoms with Gasteiger partial charge in [0.05, 0.1) is 0 Å². The van der Waals surface area contributed by atoms with Crippen LogP contribution in [0.1, 0.15) is 32.1 Å². The first-order valence-corrected chi connectivity index (χ1v) is 5.21. The lowest BCUT2D eigenvalue weighted by Gasteiger charge is -2.15.